The SMILES string of the molecule is O=C1OCCN1[C@@H]1CO[C@H](CO)[C@H](O)[C@@H]1O. The predicted molar refractivity (Wildman–Crippen MR) is 50.7 cm³/mol. The van der Waals surface area contributed by atoms with Crippen molar-refractivity contribution in [2.45, 2.75) is 24.4 Å². The van der Waals surface area contributed by atoms with Crippen molar-refractivity contribution in [1.29, 1.82) is 0 Å². The normalized spacial score (nSPS) is 39.9. The summed E-state index contributed by atoms with van der Waals surface area (Å²) < 4.78 is 9.92. The molecule has 3 N–H and O–H groups in total. The lowest BCUT2D eigenvalue weighted by atomic mass is 9.97. The second kappa shape index (κ2) is 4.54. The van der Waals surface area contributed by atoms with E-state index in [9.17, 15) is 15.0 Å². The van der Waals surface area contributed by atoms with Gasteiger partial charge in [-0.15, -0.1) is 0 Å². The number of aliphatic hydroxyl groups excluding tert-OH is 3. The first-order valence-electron chi connectivity index (χ1n) is 5.17. The molecule has 4 atom stereocenters. The number of nitrogens with zero attached hydrogens (tertiary/aromatic N) is 1. The number of cyclic esters (lactones) is 1. The van der Waals surface area contributed by atoms with Gasteiger partial charge in [-0.2, -0.15) is 0 Å². The number of ether oxygens (including phenoxy) is 2. The van der Waals surface area contributed by atoms with Crippen LogP contribution in [0.3, 0.4) is 0 Å². The molecule has 0 aromatic carbocycles. The number of aliphatic hydroxyl groups is 3. The number of hydrogen-bond acceptors (Lipinski definition) is 6. The first kappa shape index (κ1) is 11.6. The van der Waals surface area contributed by atoms with Gasteiger partial charge in [-0.3, -0.25) is 4.90 Å². The second-order valence-corrected chi connectivity index (χ2v) is 3.91. The summed E-state index contributed by atoms with van der Waals surface area (Å²) in [5, 5.41) is 28.3. The lowest BCUT2D eigenvalue weighted by molar-refractivity contribution is -0.174. The molecule has 0 aromatic heterocycles. The summed E-state index contributed by atoms with van der Waals surface area (Å²) in [4.78, 5) is 12.6. The molecular formula is C9H15NO6. The number of rotatable bonds is 2. The van der Waals surface area contributed by atoms with E-state index in [0.29, 0.717) is 6.54 Å². The lowest BCUT2D eigenvalue weighted by Crippen LogP contribution is -2.60. The zero-order valence-corrected chi connectivity index (χ0v) is 8.65. The van der Waals surface area contributed by atoms with E-state index in [1.165, 1.54) is 4.90 Å². The Kier molecular flexibility index (Phi) is 3.29. The van der Waals surface area contributed by atoms with E-state index in [4.69, 9.17) is 14.6 Å². The van der Waals surface area contributed by atoms with Crippen LogP contribution in [0.1, 0.15) is 0 Å². The molecule has 0 radical (unpaired) electrons. The van der Waals surface area contributed by atoms with Gasteiger partial charge in [0, 0.05) is 0 Å². The molecule has 16 heavy (non-hydrogen) atoms. The minimum Gasteiger partial charge on any atom is -0.448 e. The lowest BCUT2D eigenvalue weighted by Gasteiger charge is -2.39. The van der Waals surface area contributed by atoms with Crippen LogP contribution in [-0.2, 0) is 9.47 Å². The maximum atomic E-state index is 11.3. The zero-order valence-electron chi connectivity index (χ0n) is 8.65. The van der Waals surface area contributed by atoms with Crippen molar-refractivity contribution in [2.75, 3.05) is 26.4 Å². The van der Waals surface area contributed by atoms with Crippen LogP contribution < -0.4 is 0 Å². The molecule has 0 saturated carbocycles. The fourth-order valence-corrected chi connectivity index (χ4v) is 2.01. The smallest absolute Gasteiger partial charge is 0.410 e. The van der Waals surface area contributed by atoms with Crippen LogP contribution >= 0.6 is 0 Å². The van der Waals surface area contributed by atoms with Gasteiger partial charge in [-0.25, -0.2) is 4.79 Å². The third-order valence-electron chi connectivity index (χ3n) is 2.98. The van der Waals surface area contributed by atoms with E-state index in [1.54, 1.807) is 0 Å². The van der Waals surface area contributed by atoms with Crippen LogP contribution in [0.25, 0.3) is 0 Å². The molecule has 2 aliphatic heterocycles. The molecule has 0 aromatic rings. The summed E-state index contributed by atoms with van der Waals surface area (Å²) in [5.41, 5.74) is 0. The van der Waals surface area contributed by atoms with Crippen molar-refractivity contribution in [3.63, 3.8) is 0 Å². The maximum Gasteiger partial charge on any atom is 0.410 e. The Hall–Kier alpha value is -0.890. The van der Waals surface area contributed by atoms with Gasteiger partial charge in [-0.05, 0) is 0 Å². The highest BCUT2D eigenvalue weighted by atomic mass is 16.6. The highest BCUT2D eigenvalue weighted by molar-refractivity contribution is 5.69. The molecule has 7 nitrogen and oxygen atoms in total. The van der Waals surface area contributed by atoms with Gasteiger partial charge in [0.2, 0.25) is 0 Å². The molecule has 0 aliphatic carbocycles. The molecule has 2 saturated heterocycles. The molecular weight excluding hydrogens is 218 g/mol. The Labute approximate surface area is 92.2 Å². The highest BCUT2D eigenvalue weighted by Gasteiger charge is 2.44. The Balaban J connectivity index is 2.04. The van der Waals surface area contributed by atoms with Gasteiger partial charge in [0.25, 0.3) is 0 Å². The molecule has 2 rings (SSSR count). The first-order valence-corrected chi connectivity index (χ1v) is 5.17. The van der Waals surface area contributed by atoms with Crippen molar-refractivity contribution in [3.8, 4) is 0 Å². The van der Waals surface area contributed by atoms with Crippen LogP contribution in [0.2, 0.25) is 0 Å². The summed E-state index contributed by atoms with van der Waals surface area (Å²) in [7, 11) is 0. The molecule has 0 bridgehead atoms. The quantitative estimate of drug-likeness (QED) is 0.506. The molecule has 0 unspecified atom stereocenters. The van der Waals surface area contributed by atoms with Crippen LogP contribution in [0, 0.1) is 0 Å². The van der Waals surface area contributed by atoms with Gasteiger partial charge in [0.05, 0.1) is 25.8 Å². The second-order valence-electron chi connectivity index (χ2n) is 3.91. The molecule has 92 valence electrons. The third kappa shape index (κ3) is 1.86. The first-order chi connectivity index (χ1) is 7.65. The summed E-state index contributed by atoms with van der Waals surface area (Å²) in [6.07, 6.45) is -3.64. The van der Waals surface area contributed by atoms with Crippen LogP contribution in [0.15, 0.2) is 0 Å². The topological polar surface area (TPSA) is 99.5 Å². The van der Waals surface area contributed by atoms with Gasteiger partial charge < -0.3 is 24.8 Å². The monoisotopic (exact) mass is 233 g/mol. The molecule has 7 heteroatoms. The largest absolute Gasteiger partial charge is 0.448 e. The minimum atomic E-state index is -1.20. The predicted octanol–water partition coefficient (Wildman–Crippen LogP) is -2.08. The number of carbonyl (C=O) groups excluding carboxylic acids is 1. The standard InChI is InChI=1S/C9H15NO6/c11-3-6-8(13)7(12)5(4-16-6)10-1-2-15-9(10)14/h5-8,11-13H,1-4H2/t5-,6-,7-,8+/m1/s1. The highest BCUT2D eigenvalue weighted by Crippen LogP contribution is 2.22. The van der Waals surface area contributed by atoms with Crippen molar-refractivity contribution in [3.05, 3.63) is 0 Å². The molecule has 0 spiro atoms. The van der Waals surface area contributed by atoms with Gasteiger partial charge in [-0.1, -0.05) is 0 Å². The fourth-order valence-electron chi connectivity index (χ4n) is 2.01. The maximum absolute atomic E-state index is 11.3. The number of carbonyl (C=O) groups is 1. The molecule has 2 aliphatic rings. The average Bonchev–Trinajstić information content (AvgIpc) is 2.69. The van der Waals surface area contributed by atoms with E-state index >= 15 is 0 Å². The van der Waals surface area contributed by atoms with E-state index in [1.807, 2.05) is 0 Å². The number of amides is 1. The summed E-state index contributed by atoms with van der Waals surface area (Å²) in [6.45, 7) is 0.371. The van der Waals surface area contributed by atoms with Crippen molar-refractivity contribution >= 4 is 6.09 Å². The van der Waals surface area contributed by atoms with Gasteiger partial charge in [0.1, 0.15) is 24.9 Å². The van der Waals surface area contributed by atoms with Crippen molar-refractivity contribution in [2.24, 2.45) is 0 Å². The van der Waals surface area contributed by atoms with E-state index in [2.05, 4.69) is 0 Å². The summed E-state index contributed by atoms with van der Waals surface area (Å²) in [5.74, 6) is 0. The fraction of sp³-hybridized carbons (Fsp3) is 0.889. The Morgan fingerprint density at radius 2 is 2.12 bits per heavy atom. The Morgan fingerprint density at radius 1 is 1.38 bits per heavy atom. The number of hydrogen-bond donors (Lipinski definition) is 3. The van der Waals surface area contributed by atoms with Crippen molar-refractivity contribution < 1.29 is 29.6 Å². The zero-order chi connectivity index (χ0) is 11.7. The summed E-state index contributed by atoms with van der Waals surface area (Å²) in [6, 6.07) is -0.618. The van der Waals surface area contributed by atoms with E-state index in [-0.39, 0.29) is 19.8 Å². The minimum absolute atomic E-state index is 0.0819. The van der Waals surface area contributed by atoms with E-state index < -0.39 is 30.4 Å². The average molecular weight is 233 g/mol. The van der Waals surface area contributed by atoms with Crippen LogP contribution in [0.5, 0.6) is 0 Å². The van der Waals surface area contributed by atoms with Crippen LogP contribution in [-0.4, -0.2) is 77.0 Å². The molecule has 2 fully saturated rings. The summed E-state index contributed by atoms with van der Waals surface area (Å²) >= 11 is 0. The van der Waals surface area contributed by atoms with E-state index in [0.717, 1.165) is 0 Å². The third-order valence-corrected chi connectivity index (χ3v) is 2.98. The Bertz CT molecular complexity index is 273. The van der Waals surface area contributed by atoms with Crippen molar-refractivity contribution in [1.82, 2.24) is 4.90 Å². The Morgan fingerprint density at radius 3 is 2.69 bits per heavy atom. The molecule has 2 heterocycles. The van der Waals surface area contributed by atoms with Gasteiger partial charge in [0.15, 0.2) is 0 Å². The van der Waals surface area contributed by atoms with Crippen LogP contribution in [0.4, 0.5) is 4.79 Å². The van der Waals surface area contributed by atoms with Gasteiger partial charge >= 0.3 is 6.09 Å². The molecule has 1 amide bonds.